The third-order valence-corrected chi connectivity index (χ3v) is 4.38. The summed E-state index contributed by atoms with van der Waals surface area (Å²) in [6.07, 6.45) is 4.82. The Morgan fingerprint density at radius 3 is 2.44 bits per heavy atom. The van der Waals surface area contributed by atoms with E-state index in [1.807, 2.05) is 12.1 Å². The molecule has 0 aromatic heterocycles. The molecule has 2 fully saturated rings. The number of methoxy groups -OCH3 is 1. The summed E-state index contributed by atoms with van der Waals surface area (Å²) < 4.78 is 18.9. The van der Waals surface area contributed by atoms with Gasteiger partial charge < -0.3 is 10.1 Å². The molecule has 0 bridgehead atoms. The third kappa shape index (κ3) is 2.29. The van der Waals surface area contributed by atoms with Crippen molar-refractivity contribution < 1.29 is 9.13 Å². The standard InChI is InChI=1S/C15H20FNO/c1-18-13-8-12(9-13)17-11-6-10(7-11)14-4-2-3-5-15(14)16/h2-5,10-13,17H,6-9H2,1H3. The molecule has 0 aliphatic heterocycles. The van der Waals surface area contributed by atoms with Crippen LogP contribution in [0.3, 0.4) is 0 Å². The van der Waals surface area contributed by atoms with Crippen molar-refractivity contribution in [1.29, 1.82) is 0 Å². The van der Waals surface area contributed by atoms with Gasteiger partial charge in [0.05, 0.1) is 6.10 Å². The highest BCUT2D eigenvalue weighted by Gasteiger charge is 2.36. The predicted molar refractivity (Wildman–Crippen MR) is 69.1 cm³/mol. The van der Waals surface area contributed by atoms with E-state index in [4.69, 9.17) is 4.74 Å². The summed E-state index contributed by atoms with van der Waals surface area (Å²) in [6, 6.07) is 8.34. The van der Waals surface area contributed by atoms with Gasteiger partial charge in [-0.15, -0.1) is 0 Å². The van der Waals surface area contributed by atoms with Gasteiger partial charge in [0.25, 0.3) is 0 Å². The Bertz CT molecular complexity index is 411. The zero-order chi connectivity index (χ0) is 12.5. The summed E-state index contributed by atoms with van der Waals surface area (Å²) in [5.74, 6) is 0.353. The summed E-state index contributed by atoms with van der Waals surface area (Å²) in [5, 5.41) is 3.63. The van der Waals surface area contributed by atoms with Gasteiger partial charge in [0, 0.05) is 19.2 Å². The summed E-state index contributed by atoms with van der Waals surface area (Å²) in [7, 11) is 1.78. The summed E-state index contributed by atoms with van der Waals surface area (Å²) in [5.41, 5.74) is 0.888. The lowest BCUT2D eigenvalue weighted by atomic mass is 9.74. The molecule has 3 heteroatoms. The van der Waals surface area contributed by atoms with Crippen molar-refractivity contribution in [2.24, 2.45) is 0 Å². The zero-order valence-corrected chi connectivity index (χ0v) is 10.7. The fourth-order valence-electron chi connectivity index (χ4n) is 3.04. The van der Waals surface area contributed by atoms with Crippen molar-refractivity contribution in [3.05, 3.63) is 35.6 Å². The van der Waals surface area contributed by atoms with E-state index in [1.165, 1.54) is 0 Å². The molecule has 2 saturated carbocycles. The first-order valence-corrected chi connectivity index (χ1v) is 6.79. The normalized spacial score (nSPS) is 34.8. The van der Waals surface area contributed by atoms with Crippen LogP contribution in [-0.4, -0.2) is 25.3 Å². The minimum absolute atomic E-state index is 0.0518. The molecule has 3 rings (SSSR count). The Kier molecular flexibility index (Phi) is 3.35. The first kappa shape index (κ1) is 12.1. The van der Waals surface area contributed by atoms with Crippen LogP contribution >= 0.6 is 0 Å². The number of benzene rings is 1. The molecule has 1 aromatic rings. The van der Waals surface area contributed by atoms with Gasteiger partial charge in [0.2, 0.25) is 0 Å². The van der Waals surface area contributed by atoms with Crippen LogP contribution in [0.1, 0.15) is 37.2 Å². The van der Waals surface area contributed by atoms with Crippen LogP contribution in [0.2, 0.25) is 0 Å². The van der Waals surface area contributed by atoms with Crippen LogP contribution in [0.5, 0.6) is 0 Å². The van der Waals surface area contributed by atoms with Crippen LogP contribution in [-0.2, 0) is 4.74 Å². The van der Waals surface area contributed by atoms with E-state index in [0.717, 1.165) is 31.2 Å². The molecule has 0 amide bonds. The van der Waals surface area contributed by atoms with Gasteiger partial charge in [-0.2, -0.15) is 0 Å². The summed E-state index contributed by atoms with van der Waals surface area (Å²) in [6.45, 7) is 0. The molecular formula is C15H20FNO. The smallest absolute Gasteiger partial charge is 0.126 e. The van der Waals surface area contributed by atoms with Crippen LogP contribution < -0.4 is 5.32 Å². The second-order valence-electron chi connectivity index (χ2n) is 5.58. The Morgan fingerprint density at radius 2 is 1.78 bits per heavy atom. The number of halogens is 1. The Balaban J connectivity index is 1.45. The van der Waals surface area contributed by atoms with Gasteiger partial charge in [-0.05, 0) is 43.2 Å². The molecule has 0 unspecified atom stereocenters. The van der Waals surface area contributed by atoms with E-state index in [-0.39, 0.29) is 5.82 Å². The van der Waals surface area contributed by atoms with E-state index in [1.54, 1.807) is 19.2 Å². The van der Waals surface area contributed by atoms with Gasteiger partial charge in [0.1, 0.15) is 5.82 Å². The van der Waals surface area contributed by atoms with Crippen molar-refractivity contribution in [3.8, 4) is 0 Å². The maximum Gasteiger partial charge on any atom is 0.126 e. The Morgan fingerprint density at radius 1 is 1.11 bits per heavy atom. The second-order valence-corrected chi connectivity index (χ2v) is 5.58. The summed E-state index contributed by atoms with van der Waals surface area (Å²) >= 11 is 0. The van der Waals surface area contributed by atoms with Gasteiger partial charge in [-0.3, -0.25) is 0 Å². The molecule has 1 aromatic carbocycles. The number of hydrogen-bond donors (Lipinski definition) is 1. The monoisotopic (exact) mass is 249 g/mol. The maximum absolute atomic E-state index is 13.6. The highest BCUT2D eigenvalue weighted by Crippen LogP contribution is 2.39. The van der Waals surface area contributed by atoms with E-state index in [0.29, 0.717) is 24.1 Å². The lowest BCUT2D eigenvalue weighted by molar-refractivity contribution is 0.00993. The van der Waals surface area contributed by atoms with Gasteiger partial charge in [0.15, 0.2) is 0 Å². The van der Waals surface area contributed by atoms with Crippen LogP contribution in [0, 0.1) is 5.82 Å². The van der Waals surface area contributed by atoms with Gasteiger partial charge in [-0.25, -0.2) is 4.39 Å². The quantitative estimate of drug-likeness (QED) is 0.886. The average Bonchev–Trinajstić information content (AvgIpc) is 2.27. The van der Waals surface area contributed by atoms with Gasteiger partial charge in [-0.1, -0.05) is 18.2 Å². The molecule has 2 aliphatic rings. The van der Waals surface area contributed by atoms with Gasteiger partial charge >= 0.3 is 0 Å². The topological polar surface area (TPSA) is 21.3 Å². The van der Waals surface area contributed by atoms with E-state index in [2.05, 4.69) is 5.32 Å². The summed E-state index contributed by atoms with van der Waals surface area (Å²) in [4.78, 5) is 0. The molecule has 2 aliphatic carbocycles. The van der Waals surface area contributed by atoms with E-state index in [9.17, 15) is 4.39 Å². The minimum Gasteiger partial charge on any atom is -0.381 e. The molecule has 18 heavy (non-hydrogen) atoms. The van der Waals surface area contributed by atoms with Crippen molar-refractivity contribution in [1.82, 2.24) is 5.32 Å². The fraction of sp³-hybridized carbons (Fsp3) is 0.600. The van der Waals surface area contributed by atoms with E-state index < -0.39 is 0 Å². The highest BCUT2D eigenvalue weighted by molar-refractivity contribution is 5.24. The number of ether oxygens (including phenoxy) is 1. The van der Waals surface area contributed by atoms with Crippen molar-refractivity contribution >= 4 is 0 Å². The lowest BCUT2D eigenvalue weighted by Crippen LogP contribution is -2.52. The van der Waals surface area contributed by atoms with E-state index >= 15 is 0 Å². The van der Waals surface area contributed by atoms with Crippen LogP contribution in [0.25, 0.3) is 0 Å². The maximum atomic E-state index is 13.6. The molecule has 1 N–H and O–H groups in total. The minimum atomic E-state index is -0.0518. The second kappa shape index (κ2) is 4.98. The van der Waals surface area contributed by atoms with Crippen molar-refractivity contribution in [2.75, 3.05) is 7.11 Å². The van der Waals surface area contributed by atoms with Crippen molar-refractivity contribution in [2.45, 2.75) is 49.8 Å². The Hall–Kier alpha value is -0.930. The van der Waals surface area contributed by atoms with Crippen LogP contribution in [0.4, 0.5) is 4.39 Å². The van der Waals surface area contributed by atoms with Crippen LogP contribution in [0.15, 0.2) is 24.3 Å². The first-order chi connectivity index (χ1) is 8.76. The van der Waals surface area contributed by atoms with Crippen molar-refractivity contribution in [3.63, 3.8) is 0 Å². The molecule has 0 spiro atoms. The molecule has 98 valence electrons. The Labute approximate surface area is 108 Å². The number of rotatable bonds is 4. The molecule has 0 heterocycles. The molecule has 0 saturated heterocycles. The number of nitrogens with one attached hydrogen (secondary N) is 1. The molecule has 0 atom stereocenters. The largest absolute Gasteiger partial charge is 0.381 e. The molecule has 0 radical (unpaired) electrons. The molecular weight excluding hydrogens is 229 g/mol. The average molecular weight is 249 g/mol. The predicted octanol–water partition coefficient (Wildman–Crippen LogP) is 2.84. The first-order valence-electron chi connectivity index (χ1n) is 6.79. The third-order valence-electron chi connectivity index (χ3n) is 4.38. The molecule has 2 nitrogen and oxygen atoms in total. The fourth-order valence-corrected chi connectivity index (χ4v) is 3.04. The lowest BCUT2D eigenvalue weighted by Gasteiger charge is -2.43. The highest BCUT2D eigenvalue weighted by atomic mass is 19.1. The number of hydrogen-bond acceptors (Lipinski definition) is 2. The SMILES string of the molecule is COC1CC(NC2CC(c3ccccc3F)C2)C1. The zero-order valence-electron chi connectivity index (χ0n) is 10.7.